The van der Waals surface area contributed by atoms with Crippen LogP contribution in [0.25, 0.3) is 33.8 Å². The van der Waals surface area contributed by atoms with E-state index in [9.17, 15) is 14.3 Å². The fraction of sp³-hybridized carbons (Fsp3) is 0.217. The Labute approximate surface area is 168 Å². The van der Waals surface area contributed by atoms with E-state index in [1.54, 1.807) is 12.1 Å². The fourth-order valence-electron chi connectivity index (χ4n) is 3.27. The third-order valence-corrected chi connectivity index (χ3v) is 4.47. The monoisotopic (exact) mass is 394 g/mol. The maximum absolute atomic E-state index is 13.2. The van der Waals surface area contributed by atoms with Crippen molar-refractivity contribution >= 4 is 16.9 Å². The topological polar surface area (TPSA) is 68.3 Å². The van der Waals surface area contributed by atoms with E-state index in [4.69, 9.17) is 4.42 Å². The number of aryl methyl sites for hydroxylation is 1. The first-order valence-electron chi connectivity index (χ1n) is 9.63. The largest absolute Gasteiger partial charge is 0.481 e. The lowest BCUT2D eigenvalue weighted by molar-refractivity contribution is -0.136. The molecule has 0 unspecified atom stereocenters. The predicted molar refractivity (Wildman–Crippen MR) is 111 cm³/mol. The van der Waals surface area contributed by atoms with Gasteiger partial charge in [-0.1, -0.05) is 32.0 Å². The molecule has 0 saturated heterocycles. The number of fused-ring (bicyclic) bond motifs is 1. The quantitative estimate of drug-likeness (QED) is 0.466. The van der Waals surface area contributed by atoms with E-state index in [1.165, 1.54) is 12.1 Å². The van der Waals surface area contributed by atoms with Crippen molar-refractivity contribution in [1.29, 1.82) is 0 Å². The van der Waals surface area contributed by atoms with E-state index in [1.807, 2.05) is 51.1 Å². The number of carboxylic acids is 1. The van der Waals surface area contributed by atoms with Gasteiger partial charge in [0.25, 0.3) is 0 Å². The summed E-state index contributed by atoms with van der Waals surface area (Å²) in [5, 5.41) is 10.3. The van der Waals surface area contributed by atoms with E-state index >= 15 is 0 Å². The summed E-state index contributed by atoms with van der Waals surface area (Å²) in [5.74, 6) is -0.652. The molecule has 2 aromatic carbocycles. The fourth-order valence-corrected chi connectivity index (χ4v) is 3.27. The number of halogens is 1. The molecule has 0 fully saturated rings. The van der Waals surface area contributed by atoms with Crippen LogP contribution in [0.3, 0.4) is 0 Å². The maximum atomic E-state index is 13.2. The summed E-state index contributed by atoms with van der Waals surface area (Å²) in [6.45, 7) is 6.71. The summed E-state index contributed by atoms with van der Waals surface area (Å²) < 4.78 is 21.3. The van der Waals surface area contributed by atoms with Gasteiger partial charge < -0.3 is 14.1 Å². The van der Waals surface area contributed by atoms with Crippen LogP contribution in [0, 0.1) is 5.82 Å². The van der Waals surface area contributed by atoms with E-state index < -0.39 is 5.97 Å². The van der Waals surface area contributed by atoms with E-state index in [0.717, 1.165) is 16.6 Å². The number of carbonyl (C=O) groups is 1. The molecule has 0 bridgehead atoms. The van der Waals surface area contributed by atoms with Gasteiger partial charge in [-0.05, 0) is 43.3 Å². The SMILES string of the molecule is CC.CCn1c(-c2oc(-c3ccc(F)cc3)nc2CC(=O)O)cc2ccccc21. The number of hydrogen-bond acceptors (Lipinski definition) is 3. The van der Waals surface area contributed by atoms with E-state index in [-0.39, 0.29) is 18.1 Å². The van der Waals surface area contributed by atoms with Crippen molar-refractivity contribution in [1.82, 2.24) is 9.55 Å². The molecule has 0 atom stereocenters. The van der Waals surface area contributed by atoms with Crippen LogP contribution < -0.4 is 0 Å². The zero-order valence-corrected chi connectivity index (χ0v) is 16.6. The molecular formula is C23H23FN2O3. The van der Waals surface area contributed by atoms with Crippen molar-refractivity contribution in [2.24, 2.45) is 0 Å². The molecule has 2 aromatic heterocycles. The molecule has 0 saturated carbocycles. The first kappa shape index (κ1) is 20.3. The van der Waals surface area contributed by atoms with Crippen molar-refractivity contribution in [3.8, 4) is 22.9 Å². The highest BCUT2D eigenvalue weighted by atomic mass is 19.1. The van der Waals surface area contributed by atoms with Crippen LogP contribution in [0.1, 0.15) is 26.5 Å². The molecule has 0 aliphatic rings. The van der Waals surface area contributed by atoms with Gasteiger partial charge in [0.15, 0.2) is 5.76 Å². The van der Waals surface area contributed by atoms with Crippen LogP contribution in [0.5, 0.6) is 0 Å². The van der Waals surface area contributed by atoms with Crippen molar-refractivity contribution in [3.05, 3.63) is 66.1 Å². The summed E-state index contributed by atoms with van der Waals surface area (Å²) in [6.07, 6.45) is -0.259. The van der Waals surface area contributed by atoms with E-state index in [2.05, 4.69) is 9.55 Å². The molecule has 0 radical (unpaired) electrons. The Hall–Kier alpha value is -3.41. The zero-order valence-electron chi connectivity index (χ0n) is 16.6. The number of oxazole rings is 1. The molecule has 5 nitrogen and oxygen atoms in total. The van der Waals surface area contributed by atoms with E-state index in [0.29, 0.717) is 23.6 Å². The number of carboxylic acid groups (broad SMARTS) is 1. The van der Waals surface area contributed by atoms with Crippen LogP contribution in [-0.4, -0.2) is 20.6 Å². The van der Waals surface area contributed by atoms with Crippen molar-refractivity contribution in [3.63, 3.8) is 0 Å². The lowest BCUT2D eigenvalue weighted by Crippen LogP contribution is -2.03. The molecule has 4 rings (SSSR count). The Morgan fingerprint density at radius 2 is 1.83 bits per heavy atom. The predicted octanol–water partition coefficient (Wildman–Crippen LogP) is 5.78. The minimum absolute atomic E-state index is 0.259. The molecule has 6 heteroatoms. The maximum Gasteiger partial charge on any atom is 0.309 e. The van der Waals surface area contributed by atoms with Crippen LogP contribution >= 0.6 is 0 Å². The highest BCUT2D eigenvalue weighted by Gasteiger charge is 2.22. The second-order valence-corrected chi connectivity index (χ2v) is 6.20. The summed E-state index contributed by atoms with van der Waals surface area (Å²) >= 11 is 0. The number of hydrogen-bond donors (Lipinski definition) is 1. The molecular weight excluding hydrogens is 371 g/mol. The number of nitrogens with zero attached hydrogens (tertiary/aromatic N) is 2. The van der Waals surface area contributed by atoms with Gasteiger partial charge in [-0.2, -0.15) is 0 Å². The number of para-hydroxylation sites is 1. The normalized spacial score (nSPS) is 10.6. The first-order chi connectivity index (χ1) is 14.1. The Bertz CT molecular complexity index is 1130. The second kappa shape index (κ2) is 8.73. The number of benzene rings is 2. The summed E-state index contributed by atoms with van der Waals surface area (Å²) in [6, 6.07) is 15.7. The molecule has 150 valence electrons. The van der Waals surface area contributed by atoms with Gasteiger partial charge in [0, 0.05) is 23.0 Å². The average molecular weight is 394 g/mol. The molecule has 1 N–H and O–H groups in total. The van der Waals surface area contributed by atoms with Crippen LogP contribution in [0.2, 0.25) is 0 Å². The third kappa shape index (κ3) is 4.06. The van der Waals surface area contributed by atoms with Crippen molar-refractivity contribution < 1.29 is 18.7 Å². The van der Waals surface area contributed by atoms with Crippen molar-refractivity contribution in [2.45, 2.75) is 33.7 Å². The molecule has 0 spiro atoms. The molecule has 0 aliphatic heterocycles. The molecule has 2 heterocycles. The Balaban J connectivity index is 0.00000117. The Kier molecular flexibility index (Phi) is 6.12. The van der Waals surface area contributed by atoms with Gasteiger partial charge in [0.05, 0.1) is 12.1 Å². The highest BCUT2D eigenvalue weighted by molar-refractivity contribution is 5.87. The molecule has 0 amide bonds. The van der Waals surface area contributed by atoms with Crippen LogP contribution in [0.15, 0.2) is 59.0 Å². The summed E-state index contributed by atoms with van der Waals surface area (Å²) in [7, 11) is 0. The van der Waals surface area contributed by atoms with Gasteiger partial charge in [-0.25, -0.2) is 9.37 Å². The molecule has 0 aliphatic carbocycles. The number of aromatic nitrogens is 2. The van der Waals surface area contributed by atoms with Gasteiger partial charge >= 0.3 is 5.97 Å². The number of aliphatic carboxylic acids is 1. The van der Waals surface area contributed by atoms with Crippen LogP contribution in [-0.2, 0) is 17.8 Å². The van der Waals surface area contributed by atoms with Crippen LogP contribution in [0.4, 0.5) is 4.39 Å². The lowest BCUT2D eigenvalue weighted by Gasteiger charge is -2.06. The zero-order chi connectivity index (χ0) is 21.0. The minimum Gasteiger partial charge on any atom is -0.481 e. The summed E-state index contributed by atoms with van der Waals surface area (Å²) in [4.78, 5) is 15.7. The number of rotatable bonds is 5. The first-order valence-corrected chi connectivity index (χ1v) is 9.63. The van der Waals surface area contributed by atoms with Gasteiger partial charge in [0.2, 0.25) is 5.89 Å². The van der Waals surface area contributed by atoms with Crippen molar-refractivity contribution in [2.75, 3.05) is 0 Å². The molecule has 29 heavy (non-hydrogen) atoms. The lowest BCUT2D eigenvalue weighted by atomic mass is 10.2. The highest BCUT2D eigenvalue weighted by Crippen LogP contribution is 2.34. The van der Waals surface area contributed by atoms with Gasteiger partial charge in [0.1, 0.15) is 11.5 Å². The smallest absolute Gasteiger partial charge is 0.309 e. The third-order valence-electron chi connectivity index (χ3n) is 4.47. The Morgan fingerprint density at radius 3 is 2.48 bits per heavy atom. The Morgan fingerprint density at radius 1 is 1.14 bits per heavy atom. The minimum atomic E-state index is -0.991. The second-order valence-electron chi connectivity index (χ2n) is 6.20. The molecule has 4 aromatic rings. The standard InChI is InChI=1S/C21H17FN2O3.C2H6/c1-2-24-17-6-4-3-5-14(17)11-18(24)20-16(12-19(25)26)23-21(27-20)13-7-9-15(22)10-8-13;1-2/h3-11H,2,12H2,1H3,(H,25,26);1-2H3. The van der Waals surface area contributed by atoms with Gasteiger partial charge in [-0.15, -0.1) is 0 Å². The van der Waals surface area contributed by atoms with Gasteiger partial charge in [-0.3, -0.25) is 4.79 Å². The average Bonchev–Trinajstić information content (AvgIpc) is 3.30. The summed E-state index contributed by atoms with van der Waals surface area (Å²) in [5.41, 5.74) is 2.75.